The summed E-state index contributed by atoms with van der Waals surface area (Å²) in [5.41, 5.74) is -1.24. The van der Waals surface area contributed by atoms with Gasteiger partial charge in [0.2, 0.25) is 0 Å². The molecule has 6 heteroatoms. The number of benzene rings is 1. The van der Waals surface area contributed by atoms with E-state index in [0.29, 0.717) is 6.61 Å². The van der Waals surface area contributed by atoms with Gasteiger partial charge in [-0.05, 0) is 5.56 Å². The van der Waals surface area contributed by atoms with E-state index in [4.69, 9.17) is 4.74 Å². The summed E-state index contributed by atoms with van der Waals surface area (Å²) < 4.78 is 6.78. The van der Waals surface area contributed by atoms with Gasteiger partial charge in [-0.25, -0.2) is 4.79 Å². The molecule has 2 heterocycles. The van der Waals surface area contributed by atoms with Crippen LogP contribution in [0.2, 0.25) is 0 Å². The highest BCUT2D eigenvalue weighted by Gasteiger charge is 2.51. The first-order valence-corrected chi connectivity index (χ1v) is 6.29. The predicted octanol–water partition coefficient (Wildman–Crippen LogP) is -0.00430. The number of ether oxygens (including phenoxy) is 1. The number of rotatable bonds is 3. The molecule has 2 N–H and O–H groups in total. The van der Waals surface area contributed by atoms with E-state index < -0.39 is 17.0 Å². The van der Waals surface area contributed by atoms with Gasteiger partial charge in [0.05, 0.1) is 19.1 Å². The second-order valence-electron chi connectivity index (χ2n) is 4.76. The summed E-state index contributed by atoms with van der Waals surface area (Å²) in [5.74, 6) is -0.141. The number of H-pyrrole nitrogens is 1. The quantitative estimate of drug-likeness (QED) is 0.825. The molecule has 0 aliphatic carbocycles. The Hall–Kier alpha value is -2.18. The first-order chi connectivity index (χ1) is 9.67. The average Bonchev–Trinajstić information content (AvgIpc) is 2.42. The van der Waals surface area contributed by atoms with Crippen LogP contribution in [0.3, 0.4) is 0 Å². The first kappa shape index (κ1) is 12.8. The number of hydrogen-bond donors (Lipinski definition) is 2. The van der Waals surface area contributed by atoms with Gasteiger partial charge in [0, 0.05) is 12.3 Å². The maximum Gasteiger partial charge on any atom is 0.330 e. The summed E-state index contributed by atoms with van der Waals surface area (Å²) >= 11 is 0. The molecule has 0 spiro atoms. The molecule has 0 amide bonds. The fourth-order valence-corrected chi connectivity index (χ4v) is 2.59. The SMILES string of the molecule is O=c1ccn(C2(CO)OCC2c2ccccc2)c(=O)[nH]1. The molecule has 3 rings (SSSR count). The molecule has 20 heavy (non-hydrogen) atoms. The maximum absolute atomic E-state index is 11.9. The maximum atomic E-state index is 11.9. The van der Waals surface area contributed by atoms with Gasteiger partial charge >= 0.3 is 5.69 Å². The molecule has 0 bridgehead atoms. The highest BCUT2D eigenvalue weighted by molar-refractivity contribution is 5.25. The van der Waals surface area contributed by atoms with E-state index in [9.17, 15) is 14.7 Å². The number of aromatic amines is 1. The number of aromatic nitrogens is 2. The lowest BCUT2D eigenvalue weighted by atomic mass is 9.84. The molecular formula is C14H14N2O4. The van der Waals surface area contributed by atoms with Gasteiger partial charge in [-0.2, -0.15) is 0 Å². The van der Waals surface area contributed by atoms with Gasteiger partial charge in [0.25, 0.3) is 5.56 Å². The van der Waals surface area contributed by atoms with Crippen molar-refractivity contribution in [3.63, 3.8) is 0 Å². The third-order valence-electron chi connectivity index (χ3n) is 3.70. The smallest absolute Gasteiger partial charge is 0.330 e. The summed E-state index contributed by atoms with van der Waals surface area (Å²) in [6, 6.07) is 10.8. The van der Waals surface area contributed by atoms with Crippen LogP contribution >= 0.6 is 0 Å². The van der Waals surface area contributed by atoms with Crippen LogP contribution in [-0.2, 0) is 10.5 Å². The van der Waals surface area contributed by atoms with Gasteiger partial charge in [-0.15, -0.1) is 0 Å². The zero-order valence-electron chi connectivity index (χ0n) is 10.7. The van der Waals surface area contributed by atoms with Crippen molar-refractivity contribution in [3.05, 3.63) is 69.0 Å². The van der Waals surface area contributed by atoms with Crippen molar-refractivity contribution in [3.8, 4) is 0 Å². The second-order valence-corrected chi connectivity index (χ2v) is 4.76. The van der Waals surface area contributed by atoms with Crippen LogP contribution < -0.4 is 11.2 Å². The van der Waals surface area contributed by atoms with Crippen LogP contribution in [0.5, 0.6) is 0 Å². The number of hydrogen-bond acceptors (Lipinski definition) is 4. The molecule has 104 valence electrons. The van der Waals surface area contributed by atoms with E-state index in [-0.39, 0.29) is 12.5 Å². The molecule has 1 aromatic heterocycles. The van der Waals surface area contributed by atoms with Gasteiger partial charge < -0.3 is 9.84 Å². The lowest BCUT2D eigenvalue weighted by Gasteiger charge is -2.48. The number of nitrogens with one attached hydrogen (secondary N) is 1. The Morgan fingerprint density at radius 3 is 2.60 bits per heavy atom. The Morgan fingerprint density at radius 2 is 2.05 bits per heavy atom. The topological polar surface area (TPSA) is 84.3 Å². The van der Waals surface area contributed by atoms with Gasteiger partial charge in [-0.3, -0.25) is 14.3 Å². The monoisotopic (exact) mass is 274 g/mol. The third kappa shape index (κ3) is 1.81. The summed E-state index contributed by atoms with van der Waals surface area (Å²) in [5, 5.41) is 9.74. The second kappa shape index (κ2) is 4.73. The largest absolute Gasteiger partial charge is 0.391 e. The van der Waals surface area contributed by atoms with Crippen LogP contribution in [0, 0.1) is 0 Å². The Kier molecular flexibility index (Phi) is 3.04. The molecule has 1 fully saturated rings. The minimum Gasteiger partial charge on any atom is -0.391 e. The molecule has 0 radical (unpaired) electrons. The van der Waals surface area contributed by atoms with Crippen molar-refractivity contribution in [1.29, 1.82) is 0 Å². The lowest BCUT2D eigenvalue weighted by molar-refractivity contribution is -0.248. The summed E-state index contributed by atoms with van der Waals surface area (Å²) in [6.07, 6.45) is 1.35. The Labute approximate surface area is 114 Å². The number of aliphatic hydroxyl groups is 1. The van der Waals surface area contributed by atoms with Crippen LogP contribution in [-0.4, -0.2) is 27.9 Å². The minimum absolute atomic E-state index is 0.141. The zero-order valence-corrected chi connectivity index (χ0v) is 10.7. The van der Waals surface area contributed by atoms with Crippen molar-refractivity contribution in [2.75, 3.05) is 13.2 Å². The molecule has 1 saturated heterocycles. The van der Waals surface area contributed by atoms with E-state index in [2.05, 4.69) is 4.98 Å². The van der Waals surface area contributed by atoms with E-state index in [1.165, 1.54) is 16.8 Å². The van der Waals surface area contributed by atoms with Crippen molar-refractivity contribution < 1.29 is 9.84 Å². The lowest BCUT2D eigenvalue weighted by Crippen LogP contribution is -2.60. The van der Waals surface area contributed by atoms with E-state index >= 15 is 0 Å². The standard InChI is InChI=1S/C14H14N2O4/c17-9-14(16-7-6-12(18)15-13(16)19)11(8-20-14)10-4-2-1-3-5-10/h1-7,11,17H,8-9H2,(H,15,18,19). The molecular weight excluding hydrogens is 260 g/mol. The fraction of sp³-hybridized carbons (Fsp3) is 0.286. The molecule has 2 aromatic rings. The fourth-order valence-electron chi connectivity index (χ4n) is 2.59. The molecule has 2 atom stereocenters. The van der Waals surface area contributed by atoms with Crippen LogP contribution in [0.4, 0.5) is 0 Å². The highest BCUT2D eigenvalue weighted by Crippen LogP contribution is 2.43. The Bertz CT molecular complexity index is 718. The van der Waals surface area contributed by atoms with E-state index in [0.717, 1.165) is 5.56 Å². The molecule has 1 aliphatic rings. The van der Waals surface area contributed by atoms with Crippen LogP contribution in [0.15, 0.2) is 52.2 Å². The average molecular weight is 274 g/mol. The molecule has 1 aromatic carbocycles. The van der Waals surface area contributed by atoms with Crippen molar-refractivity contribution in [2.24, 2.45) is 0 Å². The summed E-state index contributed by atoms with van der Waals surface area (Å²) in [7, 11) is 0. The van der Waals surface area contributed by atoms with Gasteiger partial charge in [0.1, 0.15) is 0 Å². The molecule has 2 unspecified atom stereocenters. The van der Waals surface area contributed by atoms with Crippen LogP contribution in [0.1, 0.15) is 11.5 Å². The number of aliphatic hydroxyl groups excluding tert-OH is 1. The predicted molar refractivity (Wildman–Crippen MR) is 71.5 cm³/mol. The zero-order chi connectivity index (χ0) is 14.2. The Balaban J connectivity index is 2.08. The van der Waals surface area contributed by atoms with E-state index in [1.807, 2.05) is 30.3 Å². The minimum atomic E-state index is -1.15. The number of nitrogens with zero attached hydrogens (tertiary/aromatic N) is 1. The van der Waals surface area contributed by atoms with Crippen molar-refractivity contribution in [1.82, 2.24) is 9.55 Å². The van der Waals surface area contributed by atoms with Crippen molar-refractivity contribution >= 4 is 0 Å². The summed E-state index contributed by atoms with van der Waals surface area (Å²) in [6.45, 7) is 0.0641. The molecule has 6 nitrogen and oxygen atoms in total. The third-order valence-corrected chi connectivity index (χ3v) is 3.70. The first-order valence-electron chi connectivity index (χ1n) is 6.29. The normalized spacial score (nSPS) is 25.1. The van der Waals surface area contributed by atoms with Gasteiger partial charge in [0.15, 0.2) is 5.72 Å². The Morgan fingerprint density at radius 1 is 1.30 bits per heavy atom. The van der Waals surface area contributed by atoms with E-state index in [1.54, 1.807) is 0 Å². The van der Waals surface area contributed by atoms with Crippen molar-refractivity contribution in [2.45, 2.75) is 11.6 Å². The molecule has 0 saturated carbocycles. The van der Waals surface area contributed by atoms with Gasteiger partial charge in [-0.1, -0.05) is 30.3 Å². The summed E-state index contributed by atoms with van der Waals surface area (Å²) in [4.78, 5) is 25.3. The van der Waals surface area contributed by atoms with Crippen LogP contribution in [0.25, 0.3) is 0 Å². The highest BCUT2D eigenvalue weighted by atomic mass is 16.6. The molecule has 1 aliphatic heterocycles.